The molecule has 1 saturated carbocycles. The summed E-state index contributed by atoms with van der Waals surface area (Å²) in [5.41, 5.74) is 0.883. The van der Waals surface area contributed by atoms with Gasteiger partial charge in [0, 0.05) is 17.6 Å². The fraction of sp³-hybridized carbons (Fsp3) is 0.438. The van der Waals surface area contributed by atoms with E-state index in [1.165, 1.54) is 11.8 Å². The molecule has 1 aromatic carbocycles. The van der Waals surface area contributed by atoms with Gasteiger partial charge in [-0.15, -0.1) is 10.2 Å². The van der Waals surface area contributed by atoms with Gasteiger partial charge in [0.1, 0.15) is 6.61 Å². The summed E-state index contributed by atoms with van der Waals surface area (Å²) in [5, 5.41) is 21.4. The SMILES string of the molecule is C[C@@H](Sc1nnc(CO)n1C1CC1)C(=O)NCc1ccccc1Cl. The first-order chi connectivity index (χ1) is 11.6. The molecule has 1 heterocycles. The Balaban J connectivity index is 1.60. The van der Waals surface area contributed by atoms with Crippen LogP contribution < -0.4 is 5.32 Å². The molecule has 2 N–H and O–H groups in total. The van der Waals surface area contributed by atoms with Crippen molar-refractivity contribution in [1.82, 2.24) is 20.1 Å². The number of aliphatic hydroxyl groups is 1. The number of nitrogens with one attached hydrogen (secondary N) is 1. The minimum absolute atomic E-state index is 0.0872. The number of carbonyl (C=O) groups is 1. The minimum Gasteiger partial charge on any atom is -0.388 e. The van der Waals surface area contributed by atoms with E-state index in [1.807, 2.05) is 29.7 Å². The Labute approximate surface area is 149 Å². The van der Waals surface area contributed by atoms with Gasteiger partial charge < -0.3 is 15.0 Å². The lowest BCUT2D eigenvalue weighted by Gasteiger charge is -2.13. The zero-order valence-electron chi connectivity index (χ0n) is 13.3. The van der Waals surface area contributed by atoms with E-state index in [2.05, 4.69) is 15.5 Å². The van der Waals surface area contributed by atoms with Crippen molar-refractivity contribution in [3.8, 4) is 0 Å². The number of nitrogens with zero attached hydrogens (tertiary/aromatic N) is 3. The van der Waals surface area contributed by atoms with E-state index >= 15 is 0 Å². The maximum absolute atomic E-state index is 12.3. The largest absolute Gasteiger partial charge is 0.388 e. The van der Waals surface area contributed by atoms with Crippen LogP contribution in [0.4, 0.5) is 0 Å². The number of rotatable bonds is 7. The molecule has 24 heavy (non-hydrogen) atoms. The molecule has 1 aliphatic rings. The van der Waals surface area contributed by atoms with Gasteiger partial charge in [-0.05, 0) is 31.4 Å². The summed E-state index contributed by atoms with van der Waals surface area (Å²) in [5.74, 6) is 0.472. The number of thioether (sulfide) groups is 1. The Hall–Kier alpha value is -1.57. The highest BCUT2D eigenvalue weighted by molar-refractivity contribution is 8.00. The Morgan fingerprint density at radius 2 is 2.21 bits per heavy atom. The van der Waals surface area contributed by atoms with Crippen molar-refractivity contribution in [2.45, 2.75) is 49.4 Å². The van der Waals surface area contributed by atoms with Crippen LogP contribution in [0.1, 0.15) is 37.2 Å². The first-order valence-corrected chi connectivity index (χ1v) is 9.08. The number of aliphatic hydroxyl groups excluding tert-OH is 1. The van der Waals surface area contributed by atoms with E-state index < -0.39 is 0 Å². The maximum atomic E-state index is 12.3. The van der Waals surface area contributed by atoms with Crippen molar-refractivity contribution >= 4 is 29.3 Å². The Kier molecular flexibility index (Phi) is 5.43. The second-order valence-corrected chi connectivity index (χ2v) is 7.44. The average Bonchev–Trinajstić information content (AvgIpc) is 3.34. The van der Waals surface area contributed by atoms with Crippen molar-refractivity contribution in [2.75, 3.05) is 0 Å². The molecule has 0 aliphatic heterocycles. The first kappa shape index (κ1) is 17.3. The molecule has 0 unspecified atom stereocenters. The fourth-order valence-corrected chi connectivity index (χ4v) is 3.54. The molecule has 1 atom stereocenters. The van der Waals surface area contributed by atoms with Gasteiger partial charge in [-0.1, -0.05) is 41.6 Å². The van der Waals surface area contributed by atoms with Crippen molar-refractivity contribution in [1.29, 1.82) is 0 Å². The number of carbonyl (C=O) groups excluding carboxylic acids is 1. The highest BCUT2D eigenvalue weighted by Crippen LogP contribution is 2.39. The van der Waals surface area contributed by atoms with Crippen LogP contribution in [0.3, 0.4) is 0 Å². The fourth-order valence-electron chi connectivity index (χ4n) is 2.37. The minimum atomic E-state index is -0.319. The van der Waals surface area contributed by atoms with Crippen molar-refractivity contribution < 1.29 is 9.90 Å². The van der Waals surface area contributed by atoms with E-state index in [9.17, 15) is 9.90 Å². The molecule has 1 fully saturated rings. The van der Waals surface area contributed by atoms with Gasteiger partial charge in [-0.3, -0.25) is 4.79 Å². The summed E-state index contributed by atoms with van der Waals surface area (Å²) in [6.07, 6.45) is 2.12. The summed E-state index contributed by atoms with van der Waals surface area (Å²) >= 11 is 7.45. The zero-order chi connectivity index (χ0) is 17.1. The second kappa shape index (κ2) is 7.55. The lowest BCUT2D eigenvalue weighted by molar-refractivity contribution is -0.120. The number of benzene rings is 1. The molecule has 8 heteroatoms. The third-order valence-corrected chi connectivity index (χ3v) is 5.28. The summed E-state index contributed by atoms with van der Waals surface area (Å²) in [7, 11) is 0. The molecule has 1 aliphatic carbocycles. The van der Waals surface area contributed by atoms with Gasteiger partial charge in [-0.25, -0.2) is 0 Å². The Bertz CT molecular complexity index is 733. The summed E-state index contributed by atoms with van der Waals surface area (Å²) in [4.78, 5) is 12.3. The van der Waals surface area contributed by atoms with Gasteiger partial charge >= 0.3 is 0 Å². The van der Waals surface area contributed by atoms with Gasteiger partial charge in [0.05, 0.1) is 5.25 Å². The highest BCUT2D eigenvalue weighted by atomic mass is 35.5. The van der Waals surface area contributed by atoms with Crippen LogP contribution in [0.2, 0.25) is 5.02 Å². The van der Waals surface area contributed by atoms with Crippen LogP contribution in [0.15, 0.2) is 29.4 Å². The molecule has 0 saturated heterocycles. The van der Waals surface area contributed by atoms with Crippen LogP contribution in [-0.4, -0.2) is 31.0 Å². The molecule has 0 bridgehead atoms. The predicted octanol–water partition coefficient (Wildman–Crippen LogP) is 2.56. The summed E-state index contributed by atoms with van der Waals surface area (Å²) < 4.78 is 1.95. The summed E-state index contributed by atoms with van der Waals surface area (Å²) in [6.45, 7) is 2.08. The predicted molar refractivity (Wildman–Crippen MR) is 92.8 cm³/mol. The van der Waals surface area contributed by atoms with E-state index in [4.69, 9.17) is 11.6 Å². The molecular weight excluding hydrogens is 348 g/mol. The van der Waals surface area contributed by atoms with Gasteiger partial charge in [0.25, 0.3) is 0 Å². The molecule has 128 valence electrons. The average molecular weight is 367 g/mol. The standard InChI is InChI=1S/C16H19ClN4O2S/c1-10(15(23)18-8-11-4-2-3-5-13(11)17)24-16-20-19-14(9-22)21(16)12-6-7-12/h2-5,10,12,22H,6-9H2,1H3,(H,18,23)/t10-/m1/s1. The molecule has 1 aromatic heterocycles. The molecule has 6 nitrogen and oxygen atoms in total. The molecular formula is C16H19ClN4O2S. The van der Waals surface area contributed by atoms with Crippen molar-refractivity contribution in [3.63, 3.8) is 0 Å². The van der Waals surface area contributed by atoms with Crippen LogP contribution in [0.25, 0.3) is 0 Å². The van der Waals surface area contributed by atoms with E-state index in [0.29, 0.717) is 28.6 Å². The van der Waals surface area contributed by atoms with E-state index in [0.717, 1.165) is 18.4 Å². The smallest absolute Gasteiger partial charge is 0.233 e. The van der Waals surface area contributed by atoms with Crippen LogP contribution in [-0.2, 0) is 17.9 Å². The molecule has 3 rings (SSSR count). The Morgan fingerprint density at radius 3 is 2.88 bits per heavy atom. The number of amides is 1. The lowest BCUT2D eigenvalue weighted by Crippen LogP contribution is -2.30. The molecule has 0 spiro atoms. The number of aromatic nitrogens is 3. The third kappa shape index (κ3) is 3.91. The van der Waals surface area contributed by atoms with Gasteiger partial charge in [0.15, 0.2) is 11.0 Å². The lowest BCUT2D eigenvalue weighted by atomic mass is 10.2. The number of hydrogen-bond acceptors (Lipinski definition) is 5. The molecule has 1 amide bonds. The summed E-state index contributed by atoms with van der Waals surface area (Å²) in [6, 6.07) is 7.78. The van der Waals surface area contributed by atoms with Gasteiger partial charge in [0.2, 0.25) is 5.91 Å². The Morgan fingerprint density at radius 1 is 1.46 bits per heavy atom. The third-order valence-electron chi connectivity index (χ3n) is 3.85. The second-order valence-electron chi connectivity index (χ2n) is 5.73. The van der Waals surface area contributed by atoms with Crippen LogP contribution in [0, 0.1) is 0 Å². The molecule has 0 radical (unpaired) electrons. The van der Waals surface area contributed by atoms with Crippen molar-refractivity contribution in [3.05, 3.63) is 40.7 Å². The first-order valence-electron chi connectivity index (χ1n) is 7.82. The zero-order valence-corrected chi connectivity index (χ0v) is 14.8. The number of halogens is 1. The topological polar surface area (TPSA) is 80.0 Å². The van der Waals surface area contributed by atoms with E-state index in [1.54, 1.807) is 6.07 Å². The quantitative estimate of drug-likeness (QED) is 0.736. The number of hydrogen-bond donors (Lipinski definition) is 2. The van der Waals surface area contributed by atoms with Crippen LogP contribution >= 0.6 is 23.4 Å². The van der Waals surface area contributed by atoms with Gasteiger partial charge in [-0.2, -0.15) is 0 Å². The normalized spacial score (nSPS) is 15.3. The highest BCUT2D eigenvalue weighted by Gasteiger charge is 2.30. The van der Waals surface area contributed by atoms with E-state index in [-0.39, 0.29) is 17.8 Å². The maximum Gasteiger partial charge on any atom is 0.233 e. The van der Waals surface area contributed by atoms with Crippen LogP contribution in [0.5, 0.6) is 0 Å². The molecule has 2 aromatic rings. The monoisotopic (exact) mass is 366 g/mol. The van der Waals surface area contributed by atoms with Crippen molar-refractivity contribution in [2.24, 2.45) is 0 Å².